The standard InChI is InChI=1S/C19H14F2N2O3/c20-14-6-5-12(9-15(14)21)16(24)10-23-17(25)19(22-18(23)26)8-7-11-3-1-2-4-13(11)19/h1-6,9H,7-8,10H2,(H,22,26)/t19-/m0/s1. The predicted molar refractivity (Wildman–Crippen MR) is 87.4 cm³/mol. The molecule has 1 aliphatic heterocycles. The molecular formula is C19H14F2N2O3. The number of hydrogen-bond donors (Lipinski definition) is 1. The lowest BCUT2D eigenvalue weighted by atomic mass is 9.92. The van der Waals surface area contributed by atoms with Crippen molar-refractivity contribution in [3.63, 3.8) is 0 Å². The van der Waals surface area contributed by atoms with Crippen molar-refractivity contribution in [2.24, 2.45) is 0 Å². The number of rotatable bonds is 3. The Labute approximate surface area is 147 Å². The van der Waals surface area contributed by atoms with Crippen LogP contribution in [0.2, 0.25) is 0 Å². The SMILES string of the molecule is O=C(CN1C(=O)N[C@]2(CCc3ccccc32)C1=O)c1ccc(F)c(F)c1. The van der Waals surface area contributed by atoms with Crippen molar-refractivity contribution >= 4 is 17.7 Å². The largest absolute Gasteiger partial charge is 0.325 e. The summed E-state index contributed by atoms with van der Waals surface area (Å²) < 4.78 is 26.3. The maximum Gasteiger partial charge on any atom is 0.325 e. The van der Waals surface area contributed by atoms with Crippen LogP contribution in [-0.2, 0) is 16.8 Å². The number of fused-ring (bicyclic) bond motifs is 2. The van der Waals surface area contributed by atoms with E-state index in [1.807, 2.05) is 12.1 Å². The van der Waals surface area contributed by atoms with Crippen molar-refractivity contribution in [1.82, 2.24) is 10.2 Å². The Morgan fingerprint density at radius 2 is 1.88 bits per heavy atom. The molecule has 2 aromatic rings. The molecule has 0 saturated carbocycles. The molecule has 1 atom stereocenters. The Hall–Kier alpha value is -3.09. The molecule has 1 spiro atoms. The highest BCUT2D eigenvalue weighted by Crippen LogP contribution is 2.41. The van der Waals surface area contributed by atoms with Crippen molar-refractivity contribution in [3.8, 4) is 0 Å². The molecule has 3 amide bonds. The van der Waals surface area contributed by atoms with Gasteiger partial charge in [0.1, 0.15) is 5.54 Å². The highest BCUT2D eigenvalue weighted by atomic mass is 19.2. The zero-order valence-electron chi connectivity index (χ0n) is 13.6. The van der Waals surface area contributed by atoms with Gasteiger partial charge < -0.3 is 5.32 Å². The van der Waals surface area contributed by atoms with Crippen molar-refractivity contribution in [2.75, 3.05) is 6.54 Å². The number of ketones is 1. The number of Topliss-reactive ketones (excluding diaryl/α,β-unsaturated/α-hetero) is 1. The molecule has 1 N–H and O–H groups in total. The predicted octanol–water partition coefficient (Wildman–Crippen LogP) is 2.54. The maximum atomic E-state index is 13.3. The normalized spacial score (nSPS) is 21.2. The molecule has 0 radical (unpaired) electrons. The molecule has 7 heteroatoms. The molecule has 1 saturated heterocycles. The van der Waals surface area contributed by atoms with Crippen molar-refractivity contribution in [2.45, 2.75) is 18.4 Å². The van der Waals surface area contributed by atoms with Crippen LogP contribution in [0.5, 0.6) is 0 Å². The van der Waals surface area contributed by atoms with Gasteiger partial charge in [-0.1, -0.05) is 24.3 Å². The number of aryl methyl sites for hydroxylation is 1. The molecule has 0 unspecified atom stereocenters. The summed E-state index contributed by atoms with van der Waals surface area (Å²) in [7, 11) is 0. The minimum Gasteiger partial charge on any atom is -0.319 e. The highest BCUT2D eigenvalue weighted by Gasteiger charge is 2.55. The average Bonchev–Trinajstić information content (AvgIpc) is 3.11. The third-order valence-electron chi connectivity index (χ3n) is 4.97. The van der Waals surface area contributed by atoms with Gasteiger partial charge in [-0.2, -0.15) is 0 Å². The fraction of sp³-hybridized carbons (Fsp3) is 0.211. The number of imide groups is 1. The summed E-state index contributed by atoms with van der Waals surface area (Å²) in [4.78, 5) is 38.5. The van der Waals surface area contributed by atoms with Gasteiger partial charge in [-0.3, -0.25) is 14.5 Å². The number of hydrogen-bond acceptors (Lipinski definition) is 3. The third-order valence-corrected chi connectivity index (χ3v) is 4.97. The minimum absolute atomic E-state index is 0.0997. The van der Waals surface area contributed by atoms with E-state index in [0.717, 1.165) is 34.2 Å². The molecule has 26 heavy (non-hydrogen) atoms. The molecule has 1 heterocycles. The van der Waals surface area contributed by atoms with Crippen LogP contribution in [0.15, 0.2) is 42.5 Å². The van der Waals surface area contributed by atoms with Crippen molar-refractivity contribution in [3.05, 3.63) is 70.8 Å². The van der Waals surface area contributed by atoms with Crippen LogP contribution in [0, 0.1) is 11.6 Å². The van der Waals surface area contributed by atoms with Crippen LogP contribution >= 0.6 is 0 Å². The topological polar surface area (TPSA) is 66.5 Å². The zero-order chi connectivity index (χ0) is 18.5. The fourth-order valence-corrected chi connectivity index (χ4v) is 3.64. The number of amides is 3. The fourth-order valence-electron chi connectivity index (χ4n) is 3.64. The quantitative estimate of drug-likeness (QED) is 0.679. The lowest BCUT2D eigenvalue weighted by Gasteiger charge is -2.22. The van der Waals surface area contributed by atoms with Crippen LogP contribution in [0.25, 0.3) is 0 Å². The zero-order valence-corrected chi connectivity index (χ0v) is 13.6. The first-order chi connectivity index (χ1) is 12.4. The second-order valence-electron chi connectivity index (χ2n) is 6.44. The van der Waals surface area contributed by atoms with E-state index in [1.54, 1.807) is 12.1 Å². The molecular weight excluding hydrogens is 342 g/mol. The summed E-state index contributed by atoms with van der Waals surface area (Å²) in [6.45, 7) is -0.528. The number of nitrogens with one attached hydrogen (secondary N) is 1. The van der Waals surface area contributed by atoms with Crippen LogP contribution < -0.4 is 5.32 Å². The van der Waals surface area contributed by atoms with E-state index in [9.17, 15) is 23.2 Å². The van der Waals surface area contributed by atoms with Gasteiger partial charge in [-0.05, 0) is 42.2 Å². The second-order valence-corrected chi connectivity index (χ2v) is 6.44. The van der Waals surface area contributed by atoms with Crippen LogP contribution in [0.3, 0.4) is 0 Å². The van der Waals surface area contributed by atoms with E-state index in [1.165, 1.54) is 0 Å². The number of benzene rings is 2. The number of urea groups is 1. The van der Waals surface area contributed by atoms with E-state index in [0.29, 0.717) is 12.8 Å². The molecule has 0 bridgehead atoms. The van der Waals surface area contributed by atoms with Gasteiger partial charge in [0.15, 0.2) is 17.4 Å². The highest BCUT2D eigenvalue weighted by molar-refractivity contribution is 6.11. The monoisotopic (exact) mass is 356 g/mol. The first-order valence-electron chi connectivity index (χ1n) is 8.13. The smallest absolute Gasteiger partial charge is 0.319 e. The third kappa shape index (κ3) is 2.31. The van der Waals surface area contributed by atoms with E-state index in [-0.39, 0.29) is 5.56 Å². The lowest BCUT2D eigenvalue weighted by molar-refractivity contribution is -0.131. The number of carbonyl (C=O) groups is 3. The van der Waals surface area contributed by atoms with E-state index in [4.69, 9.17) is 0 Å². The van der Waals surface area contributed by atoms with Gasteiger partial charge in [0.25, 0.3) is 5.91 Å². The Balaban J connectivity index is 1.61. The van der Waals surface area contributed by atoms with Crippen molar-refractivity contribution < 1.29 is 23.2 Å². The Bertz CT molecular complexity index is 960. The Morgan fingerprint density at radius 3 is 2.65 bits per heavy atom. The van der Waals surface area contributed by atoms with Crippen molar-refractivity contribution in [1.29, 1.82) is 0 Å². The first-order valence-corrected chi connectivity index (χ1v) is 8.13. The maximum absolute atomic E-state index is 13.3. The van der Waals surface area contributed by atoms with Gasteiger partial charge in [-0.15, -0.1) is 0 Å². The molecule has 2 aromatic carbocycles. The number of carbonyl (C=O) groups excluding carboxylic acids is 3. The van der Waals surface area contributed by atoms with Gasteiger partial charge in [0, 0.05) is 5.56 Å². The average molecular weight is 356 g/mol. The molecule has 0 aromatic heterocycles. The lowest BCUT2D eigenvalue weighted by Crippen LogP contribution is -2.42. The van der Waals surface area contributed by atoms with E-state index < -0.39 is 41.4 Å². The number of halogens is 2. The van der Waals surface area contributed by atoms with E-state index >= 15 is 0 Å². The first kappa shape index (κ1) is 16.4. The minimum atomic E-state index is -1.16. The molecule has 2 aliphatic rings. The summed E-state index contributed by atoms with van der Waals surface area (Å²) in [5.74, 6) is -3.37. The van der Waals surface area contributed by atoms with Gasteiger partial charge in [0.2, 0.25) is 0 Å². The van der Waals surface area contributed by atoms with Crippen LogP contribution in [0.1, 0.15) is 27.9 Å². The van der Waals surface area contributed by atoms with Crippen LogP contribution in [0.4, 0.5) is 13.6 Å². The summed E-state index contributed by atoms with van der Waals surface area (Å²) in [5, 5.41) is 2.71. The molecule has 4 rings (SSSR count). The molecule has 1 fully saturated rings. The number of nitrogens with zero attached hydrogens (tertiary/aromatic N) is 1. The van der Waals surface area contributed by atoms with Gasteiger partial charge >= 0.3 is 6.03 Å². The summed E-state index contributed by atoms with van der Waals surface area (Å²) >= 11 is 0. The molecule has 1 aliphatic carbocycles. The Kier molecular flexibility index (Phi) is 3.61. The van der Waals surface area contributed by atoms with Gasteiger partial charge in [-0.25, -0.2) is 13.6 Å². The van der Waals surface area contributed by atoms with E-state index in [2.05, 4.69) is 5.32 Å². The summed E-state index contributed by atoms with van der Waals surface area (Å²) in [6, 6.07) is 9.41. The molecule has 132 valence electrons. The summed E-state index contributed by atoms with van der Waals surface area (Å²) in [6.07, 6.45) is 1.07. The summed E-state index contributed by atoms with van der Waals surface area (Å²) in [5.41, 5.74) is 0.468. The molecule has 5 nitrogen and oxygen atoms in total. The van der Waals surface area contributed by atoms with Gasteiger partial charge in [0.05, 0.1) is 6.54 Å². The van der Waals surface area contributed by atoms with Crippen LogP contribution in [-0.4, -0.2) is 29.2 Å². The second kappa shape index (κ2) is 5.72. The Morgan fingerprint density at radius 1 is 1.12 bits per heavy atom.